The predicted octanol–water partition coefficient (Wildman–Crippen LogP) is 1.88. The average molecular weight is 390 g/mol. The number of carbonyl (C=O) groups is 2. The molecule has 2 aromatic rings. The van der Waals surface area contributed by atoms with E-state index in [1.165, 1.54) is 39.3 Å². The zero-order valence-corrected chi connectivity index (χ0v) is 15.7. The molecular formula is C18H18N2O6S. The van der Waals surface area contributed by atoms with E-state index in [9.17, 15) is 18.0 Å². The Balaban J connectivity index is 1.86. The highest BCUT2D eigenvalue weighted by atomic mass is 32.2. The lowest BCUT2D eigenvalue weighted by atomic mass is 10.2. The number of nitrogens with one attached hydrogen (secondary N) is 1. The van der Waals surface area contributed by atoms with Gasteiger partial charge in [0.15, 0.2) is 11.5 Å². The van der Waals surface area contributed by atoms with Gasteiger partial charge in [-0.2, -0.15) is 0 Å². The number of rotatable bonds is 5. The molecule has 0 unspecified atom stereocenters. The van der Waals surface area contributed by atoms with E-state index in [1.54, 1.807) is 24.3 Å². The summed E-state index contributed by atoms with van der Waals surface area (Å²) >= 11 is 0. The van der Waals surface area contributed by atoms with E-state index in [-0.39, 0.29) is 10.5 Å². The smallest absolute Gasteiger partial charge is 0.269 e. The molecule has 0 aliphatic carbocycles. The highest BCUT2D eigenvalue weighted by molar-refractivity contribution is 7.90. The SMILES string of the molecule is COc1ccc(NC(=O)[C@H](C)N2C(=O)c3ccccc3S2(=O)=O)cc1OC. The second kappa shape index (κ2) is 6.92. The molecule has 9 heteroatoms. The van der Waals surface area contributed by atoms with Crippen molar-refractivity contribution in [3.63, 3.8) is 0 Å². The molecule has 0 radical (unpaired) electrons. The van der Waals surface area contributed by atoms with Crippen LogP contribution in [0.15, 0.2) is 47.4 Å². The molecular weight excluding hydrogens is 372 g/mol. The second-order valence-electron chi connectivity index (χ2n) is 5.84. The minimum atomic E-state index is -4.08. The van der Waals surface area contributed by atoms with Crippen LogP contribution in [0.3, 0.4) is 0 Å². The number of amides is 2. The zero-order chi connectivity index (χ0) is 19.8. The summed E-state index contributed by atoms with van der Waals surface area (Å²) in [6.45, 7) is 1.36. The third-order valence-corrected chi connectivity index (χ3v) is 6.15. The van der Waals surface area contributed by atoms with E-state index in [2.05, 4.69) is 5.32 Å². The van der Waals surface area contributed by atoms with Gasteiger partial charge in [-0.3, -0.25) is 9.59 Å². The van der Waals surface area contributed by atoms with Crippen molar-refractivity contribution < 1.29 is 27.5 Å². The summed E-state index contributed by atoms with van der Waals surface area (Å²) in [5.74, 6) is -0.482. The third-order valence-electron chi connectivity index (χ3n) is 4.24. The van der Waals surface area contributed by atoms with Gasteiger partial charge in [0, 0.05) is 11.8 Å². The number of fused-ring (bicyclic) bond motifs is 1. The fraction of sp³-hybridized carbons (Fsp3) is 0.222. The van der Waals surface area contributed by atoms with Crippen LogP contribution in [0, 0.1) is 0 Å². The van der Waals surface area contributed by atoms with Gasteiger partial charge in [-0.1, -0.05) is 12.1 Å². The Bertz CT molecular complexity index is 1020. The number of ether oxygens (including phenoxy) is 2. The van der Waals surface area contributed by atoms with Gasteiger partial charge in [0.25, 0.3) is 15.9 Å². The summed E-state index contributed by atoms with van der Waals surface area (Å²) in [6, 6.07) is 9.37. The molecule has 0 aromatic heterocycles. The molecule has 1 aliphatic rings. The maximum atomic E-state index is 12.7. The molecule has 1 aliphatic heterocycles. The van der Waals surface area contributed by atoms with Gasteiger partial charge in [0.1, 0.15) is 10.9 Å². The lowest BCUT2D eigenvalue weighted by Gasteiger charge is -2.22. The van der Waals surface area contributed by atoms with Crippen molar-refractivity contribution in [2.24, 2.45) is 0 Å². The van der Waals surface area contributed by atoms with Gasteiger partial charge in [0.05, 0.1) is 19.8 Å². The number of hydrogen-bond donors (Lipinski definition) is 1. The minimum absolute atomic E-state index is 0.0586. The maximum Gasteiger partial charge on any atom is 0.269 e. The topological polar surface area (TPSA) is 102 Å². The molecule has 3 rings (SSSR count). The van der Waals surface area contributed by atoms with Crippen molar-refractivity contribution in [2.45, 2.75) is 17.9 Å². The summed E-state index contributed by atoms with van der Waals surface area (Å²) < 4.78 is 36.2. The van der Waals surface area contributed by atoms with Crippen LogP contribution < -0.4 is 14.8 Å². The van der Waals surface area contributed by atoms with E-state index in [4.69, 9.17) is 9.47 Å². The van der Waals surface area contributed by atoms with Crippen LogP contribution >= 0.6 is 0 Å². The highest BCUT2D eigenvalue weighted by Gasteiger charge is 2.45. The monoisotopic (exact) mass is 390 g/mol. The van der Waals surface area contributed by atoms with Crippen LogP contribution in [0.1, 0.15) is 17.3 Å². The molecule has 2 amide bonds. The lowest BCUT2D eigenvalue weighted by molar-refractivity contribution is -0.118. The number of carbonyl (C=O) groups excluding carboxylic acids is 2. The standard InChI is InChI=1S/C18H18N2O6S/c1-11(17(21)19-12-8-9-14(25-2)15(10-12)26-3)20-18(22)13-6-4-5-7-16(13)27(20,23)24/h4-11H,1-3H3,(H,19,21)/t11-/m0/s1. The fourth-order valence-electron chi connectivity index (χ4n) is 2.85. The van der Waals surface area contributed by atoms with E-state index >= 15 is 0 Å². The van der Waals surface area contributed by atoms with Gasteiger partial charge < -0.3 is 14.8 Å². The Kier molecular flexibility index (Phi) is 4.79. The van der Waals surface area contributed by atoms with Crippen LogP contribution in [-0.2, 0) is 14.8 Å². The first-order valence-corrected chi connectivity index (χ1v) is 9.46. The van der Waals surface area contributed by atoms with Crippen molar-refractivity contribution >= 4 is 27.5 Å². The Morgan fingerprint density at radius 1 is 1.07 bits per heavy atom. The van der Waals surface area contributed by atoms with E-state index in [0.29, 0.717) is 21.5 Å². The van der Waals surface area contributed by atoms with Crippen molar-refractivity contribution in [1.82, 2.24) is 4.31 Å². The van der Waals surface area contributed by atoms with E-state index in [0.717, 1.165) is 0 Å². The third kappa shape index (κ3) is 3.10. The molecule has 0 fully saturated rings. The Morgan fingerprint density at radius 2 is 1.74 bits per heavy atom. The van der Waals surface area contributed by atoms with Crippen LogP contribution in [0.4, 0.5) is 5.69 Å². The lowest BCUT2D eigenvalue weighted by Crippen LogP contribution is -2.45. The molecule has 1 heterocycles. The van der Waals surface area contributed by atoms with Crippen molar-refractivity contribution in [2.75, 3.05) is 19.5 Å². The molecule has 2 aromatic carbocycles. The summed E-state index contributed by atoms with van der Waals surface area (Å²) in [7, 11) is -1.13. The van der Waals surface area contributed by atoms with Gasteiger partial charge in [-0.05, 0) is 31.2 Å². The molecule has 0 spiro atoms. The summed E-state index contributed by atoms with van der Waals surface area (Å²) in [5.41, 5.74) is 0.439. The number of nitrogens with zero attached hydrogens (tertiary/aromatic N) is 1. The average Bonchev–Trinajstić information content (AvgIpc) is 2.87. The van der Waals surface area contributed by atoms with Crippen LogP contribution in [0.2, 0.25) is 0 Å². The Labute approximate surface area is 156 Å². The number of anilines is 1. The van der Waals surface area contributed by atoms with Crippen LogP contribution in [-0.4, -0.2) is 44.8 Å². The molecule has 142 valence electrons. The fourth-order valence-corrected chi connectivity index (χ4v) is 4.58. The zero-order valence-electron chi connectivity index (χ0n) is 14.9. The summed E-state index contributed by atoms with van der Waals surface area (Å²) in [4.78, 5) is 25.0. The Hall–Kier alpha value is -3.07. The molecule has 27 heavy (non-hydrogen) atoms. The number of hydrogen-bond acceptors (Lipinski definition) is 6. The summed E-state index contributed by atoms with van der Waals surface area (Å²) in [6.07, 6.45) is 0. The molecule has 8 nitrogen and oxygen atoms in total. The van der Waals surface area contributed by atoms with Gasteiger partial charge in [0.2, 0.25) is 5.91 Å². The number of benzene rings is 2. The summed E-state index contributed by atoms with van der Waals surface area (Å²) in [5, 5.41) is 2.60. The Morgan fingerprint density at radius 3 is 2.37 bits per heavy atom. The predicted molar refractivity (Wildman–Crippen MR) is 97.4 cm³/mol. The van der Waals surface area contributed by atoms with Crippen LogP contribution in [0.25, 0.3) is 0 Å². The first kappa shape index (κ1) is 18.7. The largest absolute Gasteiger partial charge is 0.493 e. The van der Waals surface area contributed by atoms with E-state index < -0.39 is 27.9 Å². The van der Waals surface area contributed by atoms with Gasteiger partial charge in [-0.25, -0.2) is 12.7 Å². The second-order valence-corrected chi connectivity index (χ2v) is 7.62. The molecule has 0 saturated heterocycles. The van der Waals surface area contributed by atoms with Crippen molar-refractivity contribution in [1.29, 1.82) is 0 Å². The quantitative estimate of drug-likeness (QED) is 0.836. The van der Waals surface area contributed by atoms with Crippen molar-refractivity contribution in [3.8, 4) is 11.5 Å². The minimum Gasteiger partial charge on any atom is -0.493 e. The number of sulfonamides is 1. The highest BCUT2D eigenvalue weighted by Crippen LogP contribution is 2.33. The van der Waals surface area contributed by atoms with Crippen molar-refractivity contribution in [3.05, 3.63) is 48.0 Å². The van der Waals surface area contributed by atoms with Gasteiger partial charge >= 0.3 is 0 Å². The molecule has 0 bridgehead atoms. The molecule has 0 saturated carbocycles. The van der Waals surface area contributed by atoms with Gasteiger partial charge in [-0.15, -0.1) is 0 Å². The molecule has 1 N–H and O–H groups in total. The maximum absolute atomic E-state index is 12.7. The normalized spacial score (nSPS) is 15.8. The van der Waals surface area contributed by atoms with E-state index in [1.807, 2.05) is 0 Å². The number of methoxy groups -OCH3 is 2. The molecule has 1 atom stereocenters. The first-order chi connectivity index (χ1) is 12.8. The first-order valence-electron chi connectivity index (χ1n) is 8.02. The van der Waals surface area contributed by atoms with Crippen LogP contribution in [0.5, 0.6) is 11.5 Å².